The first-order valence-corrected chi connectivity index (χ1v) is 6.53. The van der Waals surface area contributed by atoms with Gasteiger partial charge in [-0.3, -0.25) is 0 Å². The van der Waals surface area contributed by atoms with Crippen LogP contribution in [0.1, 0.15) is 12.5 Å². The second kappa shape index (κ2) is 5.79. The quantitative estimate of drug-likeness (QED) is 0.804. The molecule has 1 atom stereocenters. The standard InChI is InChI=1S/C11H16N2O2S/c1-10(9-12)13-16(14,15)8-7-11-5-3-2-4-6-11/h2-8,10,13H,9,12H2,1H3/b8-7+/t10-/m1/s1. The number of benzene rings is 1. The Kier molecular flexibility index (Phi) is 4.67. The number of nitrogens with one attached hydrogen (secondary N) is 1. The fraction of sp³-hybridized carbons (Fsp3) is 0.273. The normalized spacial score (nSPS) is 14.1. The smallest absolute Gasteiger partial charge is 0.234 e. The van der Waals surface area contributed by atoms with E-state index in [-0.39, 0.29) is 12.6 Å². The van der Waals surface area contributed by atoms with Crippen molar-refractivity contribution >= 4 is 16.1 Å². The monoisotopic (exact) mass is 240 g/mol. The molecule has 0 saturated carbocycles. The van der Waals surface area contributed by atoms with E-state index < -0.39 is 10.0 Å². The highest BCUT2D eigenvalue weighted by molar-refractivity contribution is 7.92. The minimum atomic E-state index is -3.40. The maximum atomic E-state index is 11.5. The lowest BCUT2D eigenvalue weighted by Gasteiger charge is -2.08. The molecule has 0 aliphatic carbocycles. The van der Waals surface area contributed by atoms with Crippen LogP contribution in [0.4, 0.5) is 0 Å². The van der Waals surface area contributed by atoms with Crippen molar-refractivity contribution in [3.05, 3.63) is 41.3 Å². The minimum Gasteiger partial charge on any atom is -0.329 e. The Labute approximate surface area is 96.2 Å². The third kappa shape index (κ3) is 4.57. The summed E-state index contributed by atoms with van der Waals surface area (Å²) in [6.45, 7) is 1.99. The molecule has 1 rings (SSSR count). The third-order valence-electron chi connectivity index (χ3n) is 1.96. The summed E-state index contributed by atoms with van der Waals surface area (Å²) in [6.07, 6.45) is 1.55. The van der Waals surface area contributed by atoms with E-state index in [0.29, 0.717) is 0 Å². The summed E-state index contributed by atoms with van der Waals surface area (Å²) in [5.74, 6) is 0. The van der Waals surface area contributed by atoms with Crippen LogP contribution in [0.2, 0.25) is 0 Å². The molecule has 16 heavy (non-hydrogen) atoms. The van der Waals surface area contributed by atoms with Crippen molar-refractivity contribution in [3.8, 4) is 0 Å². The second-order valence-corrected chi connectivity index (χ2v) is 5.11. The zero-order valence-electron chi connectivity index (χ0n) is 9.13. The van der Waals surface area contributed by atoms with Crippen LogP contribution < -0.4 is 10.5 Å². The second-order valence-electron chi connectivity index (χ2n) is 3.51. The van der Waals surface area contributed by atoms with Crippen molar-refractivity contribution in [1.82, 2.24) is 4.72 Å². The first-order chi connectivity index (χ1) is 7.53. The lowest BCUT2D eigenvalue weighted by Crippen LogP contribution is -2.36. The predicted octanol–water partition coefficient (Wildman–Crippen LogP) is 0.924. The van der Waals surface area contributed by atoms with Crippen LogP contribution in [0.3, 0.4) is 0 Å². The van der Waals surface area contributed by atoms with E-state index in [1.54, 1.807) is 13.0 Å². The van der Waals surface area contributed by atoms with Crippen LogP contribution in [0.15, 0.2) is 35.7 Å². The van der Waals surface area contributed by atoms with E-state index in [9.17, 15) is 8.42 Å². The number of rotatable bonds is 5. The van der Waals surface area contributed by atoms with Gasteiger partial charge in [-0.1, -0.05) is 30.3 Å². The summed E-state index contributed by atoms with van der Waals surface area (Å²) < 4.78 is 25.5. The Hall–Kier alpha value is -1.17. The van der Waals surface area contributed by atoms with Gasteiger partial charge in [0, 0.05) is 18.0 Å². The zero-order chi connectivity index (χ0) is 12.0. The van der Waals surface area contributed by atoms with Crippen molar-refractivity contribution in [1.29, 1.82) is 0 Å². The first kappa shape index (κ1) is 12.9. The highest BCUT2D eigenvalue weighted by Gasteiger charge is 2.08. The maximum absolute atomic E-state index is 11.5. The Morgan fingerprint density at radius 2 is 2.00 bits per heavy atom. The SMILES string of the molecule is C[C@H](CN)NS(=O)(=O)/C=C/c1ccccc1. The average Bonchev–Trinajstić information content (AvgIpc) is 2.27. The van der Waals surface area contributed by atoms with Crippen LogP contribution in [-0.2, 0) is 10.0 Å². The van der Waals surface area contributed by atoms with Gasteiger partial charge in [0.05, 0.1) is 0 Å². The van der Waals surface area contributed by atoms with Gasteiger partial charge in [0.15, 0.2) is 0 Å². The van der Waals surface area contributed by atoms with Crippen molar-refractivity contribution in [3.63, 3.8) is 0 Å². The van der Waals surface area contributed by atoms with Crippen molar-refractivity contribution in [2.45, 2.75) is 13.0 Å². The van der Waals surface area contributed by atoms with E-state index in [2.05, 4.69) is 4.72 Å². The molecule has 0 radical (unpaired) electrons. The van der Waals surface area contributed by atoms with Gasteiger partial charge in [-0.15, -0.1) is 0 Å². The number of hydrogen-bond donors (Lipinski definition) is 2. The van der Waals surface area contributed by atoms with E-state index in [0.717, 1.165) is 11.0 Å². The van der Waals surface area contributed by atoms with E-state index in [1.165, 1.54) is 0 Å². The fourth-order valence-electron chi connectivity index (χ4n) is 1.10. The summed E-state index contributed by atoms with van der Waals surface area (Å²) in [5, 5.41) is 1.15. The van der Waals surface area contributed by atoms with Crippen molar-refractivity contribution in [2.24, 2.45) is 5.73 Å². The van der Waals surface area contributed by atoms with Crippen molar-refractivity contribution < 1.29 is 8.42 Å². The van der Waals surface area contributed by atoms with Gasteiger partial charge in [-0.05, 0) is 18.6 Å². The fourth-order valence-corrected chi connectivity index (χ4v) is 2.17. The molecule has 0 fully saturated rings. The molecule has 0 bridgehead atoms. The number of hydrogen-bond acceptors (Lipinski definition) is 3. The highest BCUT2D eigenvalue weighted by atomic mass is 32.2. The topological polar surface area (TPSA) is 72.2 Å². The van der Waals surface area contributed by atoms with Gasteiger partial charge in [0.25, 0.3) is 0 Å². The van der Waals surface area contributed by atoms with Crippen LogP contribution in [0.25, 0.3) is 6.08 Å². The van der Waals surface area contributed by atoms with Crippen LogP contribution >= 0.6 is 0 Å². The average molecular weight is 240 g/mol. The van der Waals surface area contributed by atoms with Gasteiger partial charge in [-0.25, -0.2) is 13.1 Å². The number of nitrogens with two attached hydrogens (primary N) is 1. The van der Waals surface area contributed by atoms with Gasteiger partial charge < -0.3 is 5.73 Å². The summed E-state index contributed by atoms with van der Waals surface area (Å²) >= 11 is 0. The lowest BCUT2D eigenvalue weighted by molar-refractivity contribution is 0.572. The summed E-state index contributed by atoms with van der Waals surface area (Å²) in [7, 11) is -3.40. The highest BCUT2D eigenvalue weighted by Crippen LogP contribution is 2.02. The summed E-state index contributed by atoms with van der Waals surface area (Å²) in [6, 6.07) is 8.98. The summed E-state index contributed by atoms with van der Waals surface area (Å²) in [4.78, 5) is 0. The first-order valence-electron chi connectivity index (χ1n) is 4.99. The molecule has 0 aromatic heterocycles. The van der Waals surface area contributed by atoms with Crippen molar-refractivity contribution in [2.75, 3.05) is 6.54 Å². The van der Waals surface area contributed by atoms with Gasteiger partial charge >= 0.3 is 0 Å². The van der Waals surface area contributed by atoms with Crippen LogP contribution in [0, 0.1) is 0 Å². The molecule has 0 spiro atoms. The van der Waals surface area contributed by atoms with Crippen LogP contribution in [0.5, 0.6) is 0 Å². The molecule has 88 valence electrons. The molecule has 5 heteroatoms. The number of sulfonamides is 1. The Bertz CT molecular complexity index is 440. The molecule has 1 aromatic carbocycles. The van der Waals surface area contributed by atoms with Gasteiger partial charge in [0.1, 0.15) is 0 Å². The van der Waals surface area contributed by atoms with E-state index in [4.69, 9.17) is 5.73 Å². The molecule has 1 aromatic rings. The molecule has 0 saturated heterocycles. The van der Waals surface area contributed by atoms with Gasteiger partial charge in [-0.2, -0.15) is 0 Å². The molecule has 0 amide bonds. The minimum absolute atomic E-state index is 0.259. The molecule has 0 unspecified atom stereocenters. The van der Waals surface area contributed by atoms with E-state index in [1.807, 2.05) is 30.3 Å². The molecular weight excluding hydrogens is 224 g/mol. The predicted molar refractivity (Wildman–Crippen MR) is 66.0 cm³/mol. The third-order valence-corrected chi connectivity index (χ3v) is 3.18. The Balaban J connectivity index is 2.70. The largest absolute Gasteiger partial charge is 0.329 e. The summed E-state index contributed by atoms with van der Waals surface area (Å²) in [5.41, 5.74) is 6.18. The Morgan fingerprint density at radius 3 is 2.56 bits per heavy atom. The molecule has 0 aliphatic rings. The van der Waals surface area contributed by atoms with Crippen LogP contribution in [-0.4, -0.2) is 21.0 Å². The maximum Gasteiger partial charge on any atom is 0.234 e. The molecular formula is C11H16N2O2S. The van der Waals surface area contributed by atoms with E-state index >= 15 is 0 Å². The van der Waals surface area contributed by atoms with Gasteiger partial charge in [0.2, 0.25) is 10.0 Å². The Morgan fingerprint density at radius 1 is 1.38 bits per heavy atom. The zero-order valence-corrected chi connectivity index (χ0v) is 9.94. The molecule has 0 heterocycles. The lowest BCUT2D eigenvalue weighted by atomic mass is 10.2. The molecule has 0 aliphatic heterocycles. The molecule has 4 nitrogen and oxygen atoms in total. The molecule has 3 N–H and O–H groups in total.